The van der Waals surface area contributed by atoms with Crippen LogP contribution in [-0.2, 0) is 27.9 Å². The number of phosphoric ester groups is 1. The second kappa shape index (κ2) is 42.4. The first-order chi connectivity index (χ1) is 32.0. The Balaban J connectivity index is 2.35. The summed E-state index contributed by atoms with van der Waals surface area (Å²) < 4.78 is 34.2. The number of hydrogen-bond acceptors (Lipinski definition) is 11. The summed E-state index contributed by atoms with van der Waals surface area (Å²) in [6, 6.07) is 0. The minimum absolute atomic E-state index is 0.0961. The van der Waals surface area contributed by atoms with Crippen LogP contribution in [0, 0.1) is 0 Å². The molecule has 0 saturated heterocycles. The molecule has 1 fully saturated rings. The van der Waals surface area contributed by atoms with Crippen molar-refractivity contribution in [1.82, 2.24) is 0 Å². The van der Waals surface area contributed by atoms with Crippen molar-refractivity contribution in [3.8, 4) is 0 Å². The molecule has 1 aliphatic rings. The smallest absolute Gasteiger partial charge is 0.457 e. The molecule has 0 amide bonds. The first kappa shape index (κ1) is 61.3. The minimum Gasteiger partial charge on any atom is -0.457 e. The lowest BCUT2D eigenvalue weighted by Crippen LogP contribution is -2.64. The van der Waals surface area contributed by atoms with Gasteiger partial charge in [0.1, 0.15) is 42.7 Å². The zero-order chi connectivity index (χ0) is 48.4. The van der Waals surface area contributed by atoms with Gasteiger partial charge in [0.05, 0.1) is 13.2 Å². The highest BCUT2D eigenvalue weighted by atomic mass is 31.2. The summed E-state index contributed by atoms with van der Waals surface area (Å²) in [4.78, 5) is 23.2. The van der Waals surface area contributed by atoms with Gasteiger partial charge in [0, 0.05) is 13.0 Å². The Morgan fingerprint density at radius 1 is 0.485 bits per heavy atom. The third-order valence-corrected chi connectivity index (χ3v) is 11.9. The number of aliphatic hydroxyl groups is 5. The van der Waals surface area contributed by atoms with Crippen LogP contribution in [0.15, 0.2) is 97.2 Å². The van der Waals surface area contributed by atoms with Crippen LogP contribution < -0.4 is 0 Å². The van der Waals surface area contributed by atoms with Crippen molar-refractivity contribution in [2.24, 2.45) is 0 Å². The quantitative estimate of drug-likeness (QED) is 0.0147. The lowest BCUT2D eigenvalue weighted by Gasteiger charge is -2.41. The molecule has 0 aliphatic heterocycles. The van der Waals surface area contributed by atoms with Gasteiger partial charge >= 0.3 is 13.8 Å². The van der Waals surface area contributed by atoms with Gasteiger partial charge in [-0.3, -0.25) is 13.8 Å². The van der Waals surface area contributed by atoms with E-state index in [1.165, 1.54) is 25.7 Å². The number of unbranched alkanes of at least 4 members (excludes halogenated alkanes) is 13. The number of phosphoric acid groups is 1. The molecule has 1 rings (SSSR count). The van der Waals surface area contributed by atoms with Gasteiger partial charge < -0.3 is 39.9 Å². The number of allylic oxidation sites excluding steroid dienone is 16. The van der Waals surface area contributed by atoms with Crippen molar-refractivity contribution < 1.29 is 58.3 Å². The fourth-order valence-corrected chi connectivity index (χ4v) is 8.02. The fourth-order valence-electron chi connectivity index (χ4n) is 7.04. The molecule has 0 bridgehead atoms. The van der Waals surface area contributed by atoms with Gasteiger partial charge in [-0.15, -0.1) is 0 Å². The largest absolute Gasteiger partial charge is 0.472 e. The number of esters is 1. The predicted octanol–water partition coefficient (Wildman–Crippen LogP) is 11.1. The molecule has 6 N–H and O–H groups in total. The van der Waals surface area contributed by atoms with Crippen molar-refractivity contribution >= 4 is 13.8 Å². The van der Waals surface area contributed by atoms with E-state index >= 15 is 0 Å². The van der Waals surface area contributed by atoms with Gasteiger partial charge in [-0.05, 0) is 89.9 Å². The zero-order valence-electron chi connectivity index (χ0n) is 40.5. The third kappa shape index (κ3) is 33.7. The van der Waals surface area contributed by atoms with E-state index in [0.29, 0.717) is 13.0 Å². The molecule has 378 valence electrons. The molecule has 0 heterocycles. The second-order valence-electron chi connectivity index (χ2n) is 16.9. The minimum atomic E-state index is -5.04. The van der Waals surface area contributed by atoms with Crippen LogP contribution in [-0.4, -0.2) is 98.9 Å². The lowest BCUT2D eigenvalue weighted by molar-refractivity contribution is -0.220. The standard InChI is InChI=1S/C53H89O12P/c1-3-5-7-9-11-13-15-17-19-20-21-22-23-24-25-26-27-29-31-33-35-37-39-41-43-62-44-46(45-63-66(60,61)65-53-51(58)49(56)48(55)50(57)52(53)59)64-47(54)42-40-38-36-34-32-30-28-18-16-14-12-10-8-6-4-2/h5-8,11-14,17-19,21-22,24-25,28,46,48-53,55-59H,3-4,9-10,15-16,20,23,26-27,29-45H2,1-2H3,(H,60,61)/b7-5-,8-6-,13-11-,14-12-,19-17-,22-21-,25-24-,28-18-. The number of rotatable bonds is 41. The van der Waals surface area contributed by atoms with Crippen molar-refractivity contribution in [3.05, 3.63) is 97.2 Å². The van der Waals surface area contributed by atoms with Crippen molar-refractivity contribution in [2.75, 3.05) is 19.8 Å². The van der Waals surface area contributed by atoms with E-state index in [4.69, 9.17) is 18.5 Å². The highest BCUT2D eigenvalue weighted by Crippen LogP contribution is 2.47. The van der Waals surface area contributed by atoms with Crippen LogP contribution >= 0.6 is 7.82 Å². The first-order valence-corrected chi connectivity index (χ1v) is 26.6. The van der Waals surface area contributed by atoms with Crippen LogP contribution in [0.25, 0.3) is 0 Å². The van der Waals surface area contributed by atoms with Crippen LogP contribution in [0.1, 0.15) is 168 Å². The summed E-state index contributed by atoms with van der Waals surface area (Å²) in [5, 5.41) is 50.3. The average molecular weight is 949 g/mol. The van der Waals surface area contributed by atoms with Crippen molar-refractivity contribution in [1.29, 1.82) is 0 Å². The van der Waals surface area contributed by atoms with Gasteiger partial charge in [0.2, 0.25) is 0 Å². The summed E-state index contributed by atoms with van der Waals surface area (Å²) >= 11 is 0. The lowest BCUT2D eigenvalue weighted by atomic mass is 9.85. The zero-order valence-corrected chi connectivity index (χ0v) is 41.3. The SMILES string of the molecule is CC/C=C\C/C=C\C/C=C\C/C=C\C/C=C\CCCCCCCCCCOCC(COP(=O)(O)OC1C(O)C(O)C(O)C(O)C1O)OC(=O)CCCCCCC/C=C\C/C=C\C/C=C\CC. The van der Waals surface area contributed by atoms with Crippen molar-refractivity contribution in [3.63, 3.8) is 0 Å². The Hall–Kier alpha value is -2.74. The number of aliphatic hydroxyl groups excluding tert-OH is 5. The summed E-state index contributed by atoms with van der Waals surface area (Å²) in [6.07, 6.45) is 46.1. The molecule has 6 atom stereocenters. The van der Waals surface area contributed by atoms with Crippen LogP contribution in [0.4, 0.5) is 0 Å². The Labute approximate surface area is 398 Å². The van der Waals surface area contributed by atoms with E-state index in [0.717, 1.165) is 116 Å². The molecule has 1 aliphatic carbocycles. The average Bonchev–Trinajstić information content (AvgIpc) is 3.30. The van der Waals surface area contributed by atoms with Crippen LogP contribution in [0.2, 0.25) is 0 Å². The highest BCUT2D eigenvalue weighted by molar-refractivity contribution is 7.47. The summed E-state index contributed by atoms with van der Waals surface area (Å²) in [5.41, 5.74) is 0. The van der Waals surface area contributed by atoms with Gasteiger partial charge in [0.15, 0.2) is 0 Å². The highest BCUT2D eigenvalue weighted by Gasteiger charge is 2.51. The molecule has 0 aromatic heterocycles. The molecule has 1 saturated carbocycles. The Morgan fingerprint density at radius 3 is 1.29 bits per heavy atom. The Kier molecular flexibility index (Phi) is 39.3. The van der Waals surface area contributed by atoms with Crippen LogP contribution in [0.3, 0.4) is 0 Å². The van der Waals surface area contributed by atoms with Gasteiger partial charge in [-0.1, -0.05) is 169 Å². The van der Waals surface area contributed by atoms with E-state index in [2.05, 4.69) is 111 Å². The molecular weight excluding hydrogens is 860 g/mol. The summed E-state index contributed by atoms with van der Waals surface area (Å²) in [5.74, 6) is -0.502. The second-order valence-corrected chi connectivity index (χ2v) is 18.3. The topological polar surface area (TPSA) is 192 Å². The van der Waals surface area contributed by atoms with E-state index < -0.39 is 63.1 Å². The monoisotopic (exact) mass is 949 g/mol. The molecule has 0 spiro atoms. The predicted molar refractivity (Wildman–Crippen MR) is 267 cm³/mol. The third-order valence-electron chi connectivity index (χ3n) is 11.0. The van der Waals surface area contributed by atoms with E-state index in [9.17, 15) is 39.8 Å². The summed E-state index contributed by atoms with van der Waals surface area (Å²) in [6.45, 7) is 3.98. The Morgan fingerprint density at radius 2 is 0.848 bits per heavy atom. The normalized spacial score (nSPS) is 22.2. The number of hydrogen-bond donors (Lipinski definition) is 6. The number of ether oxygens (including phenoxy) is 2. The molecule has 13 heteroatoms. The molecule has 0 radical (unpaired) electrons. The maximum atomic E-state index is 12.8. The van der Waals surface area contributed by atoms with Crippen LogP contribution in [0.5, 0.6) is 0 Å². The van der Waals surface area contributed by atoms with E-state index in [1.54, 1.807) is 0 Å². The molecule has 6 unspecified atom stereocenters. The van der Waals surface area contributed by atoms with Gasteiger partial charge in [-0.25, -0.2) is 4.57 Å². The fraction of sp³-hybridized carbons (Fsp3) is 0.679. The molecule has 0 aromatic carbocycles. The maximum Gasteiger partial charge on any atom is 0.472 e. The van der Waals surface area contributed by atoms with E-state index in [1.807, 2.05) is 0 Å². The van der Waals surface area contributed by atoms with Gasteiger partial charge in [0.25, 0.3) is 0 Å². The molecular formula is C53H89O12P. The summed E-state index contributed by atoms with van der Waals surface area (Å²) in [7, 11) is -5.04. The maximum absolute atomic E-state index is 12.8. The molecule has 0 aromatic rings. The van der Waals surface area contributed by atoms with Gasteiger partial charge in [-0.2, -0.15) is 0 Å². The molecule has 12 nitrogen and oxygen atoms in total. The number of carbonyl (C=O) groups is 1. The molecule has 66 heavy (non-hydrogen) atoms. The first-order valence-electron chi connectivity index (χ1n) is 25.1. The number of carbonyl (C=O) groups excluding carboxylic acids is 1. The van der Waals surface area contributed by atoms with Crippen molar-refractivity contribution in [2.45, 2.75) is 211 Å². The van der Waals surface area contributed by atoms with E-state index in [-0.39, 0.29) is 13.0 Å². The Bertz CT molecular complexity index is 1450.